The lowest BCUT2D eigenvalue weighted by Crippen LogP contribution is -2.32. The van der Waals surface area contributed by atoms with Crippen molar-refractivity contribution < 1.29 is 23.8 Å². The van der Waals surface area contributed by atoms with Gasteiger partial charge in [-0.15, -0.1) is 11.3 Å². The first-order valence-corrected chi connectivity index (χ1v) is 14.8. The van der Waals surface area contributed by atoms with Crippen LogP contribution in [0.15, 0.2) is 121 Å². The van der Waals surface area contributed by atoms with Crippen LogP contribution < -0.4 is 15.0 Å². The van der Waals surface area contributed by atoms with Gasteiger partial charge in [0.05, 0.1) is 13.1 Å². The minimum atomic E-state index is -1.02. The second-order valence-corrected chi connectivity index (χ2v) is 11.0. The Morgan fingerprint density at radius 1 is 0.884 bits per heavy atom. The highest BCUT2D eigenvalue weighted by molar-refractivity contribution is 7.09. The Morgan fingerprint density at radius 3 is 2.37 bits per heavy atom. The zero-order valence-electron chi connectivity index (χ0n) is 23.4. The Kier molecular flexibility index (Phi) is 9.82. The molecule has 0 amide bonds. The molecule has 0 saturated heterocycles. The van der Waals surface area contributed by atoms with Gasteiger partial charge in [-0.2, -0.15) is 0 Å². The van der Waals surface area contributed by atoms with Crippen molar-refractivity contribution in [3.05, 3.63) is 148 Å². The second-order valence-electron chi connectivity index (χ2n) is 9.95. The van der Waals surface area contributed by atoms with Gasteiger partial charge in [-0.25, -0.2) is 9.18 Å². The number of ether oxygens (including phenoxy) is 1. The fourth-order valence-electron chi connectivity index (χ4n) is 4.73. The van der Waals surface area contributed by atoms with Crippen LogP contribution in [0.4, 0.5) is 15.8 Å². The highest BCUT2D eigenvalue weighted by Gasteiger charge is 2.21. The monoisotopic (exact) mass is 594 g/mol. The van der Waals surface area contributed by atoms with E-state index in [1.807, 2.05) is 47.8 Å². The maximum atomic E-state index is 13.9. The Balaban J connectivity index is 1.21. The van der Waals surface area contributed by atoms with E-state index in [4.69, 9.17) is 4.74 Å². The molecule has 0 aliphatic carbocycles. The topological polar surface area (TPSA) is 78.9 Å². The number of benzene rings is 4. The number of carbonyl (C=O) groups excluding carboxylic acids is 1. The average molecular weight is 595 g/mol. The molecule has 0 spiro atoms. The van der Waals surface area contributed by atoms with Gasteiger partial charge in [-0.05, 0) is 59.5 Å². The van der Waals surface area contributed by atoms with Gasteiger partial charge >= 0.3 is 5.97 Å². The molecule has 1 atom stereocenters. The molecule has 0 saturated carbocycles. The Labute approximate surface area is 254 Å². The van der Waals surface area contributed by atoms with Gasteiger partial charge in [-0.3, -0.25) is 4.79 Å². The molecule has 1 heterocycles. The smallest absolute Gasteiger partial charge is 0.326 e. The fourth-order valence-corrected chi connectivity index (χ4v) is 5.45. The molecule has 218 valence electrons. The summed E-state index contributed by atoms with van der Waals surface area (Å²) in [5.74, 6) is -0.838. The molecule has 2 N–H and O–H groups in total. The minimum Gasteiger partial charge on any atom is -0.492 e. The normalized spacial score (nSPS) is 11.5. The maximum Gasteiger partial charge on any atom is 0.326 e. The van der Waals surface area contributed by atoms with E-state index < -0.39 is 12.0 Å². The number of thiophene rings is 1. The standard InChI is InChI=1S/C35H31FN2O4S/c36-27-10-6-11-28(23-27)38(24-30-12-7-21-43-30)19-20-42-29-17-15-25(16-18-29)22-33(35(40)41)37-32-14-5-4-13-31(32)34(39)26-8-2-1-3-9-26/h1-18,21,23,33,37H,19-20,22,24H2,(H,40,41)/t33-/m0/s1. The summed E-state index contributed by atoms with van der Waals surface area (Å²) in [6.07, 6.45) is 0.206. The quantitative estimate of drug-likeness (QED) is 0.131. The van der Waals surface area contributed by atoms with Crippen LogP contribution in [0.1, 0.15) is 26.4 Å². The van der Waals surface area contributed by atoms with Gasteiger partial charge in [-0.1, -0.05) is 66.7 Å². The first kappa shape index (κ1) is 29.5. The van der Waals surface area contributed by atoms with Gasteiger partial charge in [0.1, 0.15) is 24.2 Å². The molecular formula is C35H31FN2O4S. The highest BCUT2D eigenvalue weighted by atomic mass is 32.1. The molecule has 0 radical (unpaired) electrons. The number of aliphatic carboxylic acids is 1. The predicted octanol–water partition coefficient (Wildman–Crippen LogP) is 7.31. The molecule has 0 aliphatic heterocycles. The van der Waals surface area contributed by atoms with E-state index in [1.165, 1.54) is 17.0 Å². The summed E-state index contributed by atoms with van der Waals surface area (Å²) >= 11 is 1.65. The number of hydrogen-bond acceptors (Lipinski definition) is 6. The highest BCUT2D eigenvalue weighted by Crippen LogP contribution is 2.23. The van der Waals surface area contributed by atoms with Crippen LogP contribution in [0.5, 0.6) is 5.75 Å². The third-order valence-electron chi connectivity index (χ3n) is 6.93. The van der Waals surface area contributed by atoms with Crippen LogP contribution in [0.2, 0.25) is 0 Å². The van der Waals surface area contributed by atoms with Crippen molar-refractivity contribution in [2.45, 2.75) is 19.0 Å². The van der Waals surface area contributed by atoms with Gasteiger partial charge < -0.3 is 20.1 Å². The zero-order valence-corrected chi connectivity index (χ0v) is 24.2. The number of anilines is 2. The second kappa shape index (κ2) is 14.3. The van der Waals surface area contributed by atoms with Crippen molar-refractivity contribution in [3.63, 3.8) is 0 Å². The predicted molar refractivity (Wildman–Crippen MR) is 169 cm³/mol. The van der Waals surface area contributed by atoms with Crippen LogP contribution in [0.3, 0.4) is 0 Å². The van der Waals surface area contributed by atoms with Crippen molar-refractivity contribution in [2.75, 3.05) is 23.4 Å². The fraction of sp³-hybridized carbons (Fsp3) is 0.143. The summed E-state index contributed by atoms with van der Waals surface area (Å²) in [6, 6.07) is 32.8. The van der Waals surface area contributed by atoms with Crippen LogP contribution >= 0.6 is 11.3 Å². The number of carboxylic acid groups (broad SMARTS) is 1. The van der Waals surface area contributed by atoms with Crippen molar-refractivity contribution >= 4 is 34.5 Å². The first-order chi connectivity index (χ1) is 21.0. The summed E-state index contributed by atoms with van der Waals surface area (Å²) < 4.78 is 19.9. The van der Waals surface area contributed by atoms with E-state index in [9.17, 15) is 19.1 Å². The van der Waals surface area contributed by atoms with Gasteiger partial charge in [0, 0.05) is 33.8 Å². The Morgan fingerprint density at radius 2 is 1.65 bits per heavy atom. The van der Waals surface area contributed by atoms with Gasteiger partial charge in [0.15, 0.2) is 5.78 Å². The lowest BCUT2D eigenvalue weighted by Gasteiger charge is -2.24. The van der Waals surface area contributed by atoms with Crippen molar-refractivity contribution in [3.8, 4) is 5.75 Å². The van der Waals surface area contributed by atoms with E-state index in [0.29, 0.717) is 42.3 Å². The molecule has 0 bridgehead atoms. The number of para-hydroxylation sites is 1. The number of nitrogens with one attached hydrogen (secondary N) is 1. The van der Waals surface area contributed by atoms with Crippen molar-refractivity contribution in [2.24, 2.45) is 0 Å². The number of halogens is 1. The number of rotatable bonds is 14. The number of carboxylic acids is 1. The van der Waals surface area contributed by atoms with Crippen LogP contribution in [0.25, 0.3) is 0 Å². The van der Waals surface area contributed by atoms with E-state index in [-0.39, 0.29) is 18.0 Å². The molecule has 43 heavy (non-hydrogen) atoms. The number of nitrogens with zero attached hydrogens (tertiary/aromatic N) is 1. The van der Waals surface area contributed by atoms with Gasteiger partial charge in [0.2, 0.25) is 0 Å². The molecule has 8 heteroatoms. The number of ketones is 1. The molecule has 0 unspecified atom stereocenters. The molecule has 1 aromatic heterocycles. The Bertz CT molecular complexity index is 1640. The first-order valence-electron chi connectivity index (χ1n) is 13.9. The molecule has 5 rings (SSSR count). The number of hydrogen-bond donors (Lipinski definition) is 2. The molecule has 4 aromatic carbocycles. The molecular weight excluding hydrogens is 563 g/mol. The van der Waals surface area contributed by atoms with Crippen LogP contribution in [0, 0.1) is 5.82 Å². The largest absolute Gasteiger partial charge is 0.492 e. The summed E-state index contributed by atoms with van der Waals surface area (Å²) in [6.45, 7) is 1.58. The third-order valence-corrected chi connectivity index (χ3v) is 7.79. The maximum absolute atomic E-state index is 13.9. The minimum absolute atomic E-state index is 0.180. The van der Waals surface area contributed by atoms with E-state index in [1.54, 1.807) is 65.9 Å². The van der Waals surface area contributed by atoms with Crippen molar-refractivity contribution in [1.82, 2.24) is 0 Å². The zero-order chi connectivity index (χ0) is 30.0. The van der Waals surface area contributed by atoms with E-state index >= 15 is 0 Å². The molecule has 5 aromatic rings. The van der Waals surface area contributed by atoms with E-state index in [0.717, 1.165) is 11.3 Å². The average Bonchev–Trinajstić information content (AvgIpc) is 3.55. The summed E-state index contributed by atoms with van der Waals surface area (Å²) in [7, 11) is 0. The lowest BCUT2D eigenvalue weighted by atomic mass is 10.00. The molecule has 0 fully saturated rings. The third kappa shape index (κ3) is 8.08. The van der Waals surface area contributed by atoms with Crippen molar-refractivity contribution in [1.29, 1.82) is 0 Å². The lowest BCUT2D eigenvalue weighted by molar-refractivity contribution is -0.137. The van der Waals surface area contributed by atoms with Gasteiger partial charge in [0.25, 0.3) is 0 Å². The Hall–Kier alpha value is -4.95. The number of carbonyl (C=O) groups is 2. The summed E-state index contributed by atoms with van der Waals surface area (Å²) in [4.78, 5) is 28.5. The molecule has 0 aliphatic rings. The molecule has 6 nitrogen and oxygen atoms in total. The summed E-state index contributed by atoms with van der Waals surface area (Å²) in [5.41, 5.74) is 3.00. The summed E-state index contributed by atoms with van der Waals surface area (Å²) in [5, 5.41) is 15.0. The SMILES string of the molecule is O=C(c1ccccc1)c1ccccc1N[C@@H](Cc1ccc(OCCN(Cc2cccs2)c2cccc(F)c2)cc1)C(=O)O. The van der Waals surface area contributed by atoms with Crippen LogP contribution in [-0.4, -0.2) is 36.1 Å². The van der Waals surface area contributed by atoms with E-state index in [2.05, 4.69) is 16.3 Å². The van der Waals surface area contributed by atoms with Crippen LogP contribution in [-0.2, 0) is 17.8 Å².